The molecule has 0 saturated heterocycles. The Hall–Kier alpha value is -3.24. The summed E-state index contributed by atoms with van der Waals surface area (Å²) < 4.78 is 25.5. The third-order valence-corrected chi connectivity index (χ3v) is 4.89. The van der Waals surface area contributed by atoms with Crippen molar-refractivity contribution in [3.63, 3.8) is 0 Å². The van der Waals surface area contributed by atoms with Crippen molar-refractivity contribution >= 4 is 21.4 Å². The third kappa shape index (κ3) is 4.13. The van der Waals surface area contributed by atoms with E-state index in [-0.39, 0.29) is 16.3 Å². The Bertz CT molecular complexity index is 1080. The topological polar surface area (TPSA) is 124 Å². The molecule has 1 heterocycles. The van der Waals surface area contributed by atoms with Crippen LogP contribution in [0.3, 0.4) is 0 Å². The SMILES string of the molecule is CN(Cc1cnn(-c2ccccc2)c1)c1ccc([N+](=O)[O-])cc1S(N)(=O)=O. The zero-order valence-corrected chi connectivity index (χ0v) is 15.2. The second kappa shape index (κ2) is 7.17. The van der Waals surface area contributed by atoms with Gasteiger partial charge in [0.1, 0.15) is 4.90 Å². The third-order valence-electron chi connectivity index (χ3n) is 3.95. The summed E-state index contributed by atoms with van der Waals surface area (Å²) in [6.45, 7) is 0.340. The second-order valence-corrected chi connectivity index (χ2v) is 7.47. The highest BCUT2D eigenvalue weighted by Crippen LogP contribution is 2.29. The summed E-state index contributed by atoms with van der Waals surface area (Å²) in [6.07, 6.45) is 3.50. The van der Waals surface area contributed by atoms with Crippen LogP contribution in [0.4, 0.5) is 11.4 Å². The molecule has 0 amide bonds. The molecule has 0 aliphatic rings. The van der Waals surface area contributed by atoms with Crippen molar-refractivity contribution in [2.75, 3.05) is 11.9 Å². The van der Waals surface area contributed by atoms with E-state index in [0.717, 1.165) is 17.3 Å². The number of hydrogen-bond acceptors (Lipinski definition) is 6. The molecule has 3 aromatic rings. The highest BCUT2D eigenvalue weighted by atomic mass is 32.2. The minimum Gasteiger partial charge on any atom is -0.369 e. The first-order chi connectivity index (χ1) is 12.8. The Morgan fingerprint density at radius 2 is 1.93 bits per heavy atom. The first-order valence-corrected chi connectivity index (χ1v) is 9.41. The van der Waals surface area contributed by atoms with Gasteiger partial charge in [-0.05, 0) is 18.2 Å². The number of primary sulfonamides is 1. The molecule has 9 nitrogen and oxygen atoms in total. The lowest BCUT2D eigenvalue weighted by Gasteiger charge is -2.20. The number of nitro benzene ring substituents is 1. The van der Waals surface area contributed by atoms with E-state index in [1.807, 2.05) is 36.5 Å². The first kappa shape index (κ1) is 18.5. The van der Waals surface area contributed by atoms with Gasteiger partial charge in [-0.1, -0.05) is 18.2 Å². The summed E-state index contributed by atoms with van der Waals surface area (Å²) in [4.78, 5) is 11.6. The molecule has 0 unspecified atom stereocenters. The van der Waals surface area contributed by atoms with E-state index in [9.17, 15) is 18.5 Å². The normalized spacial score (nSPS) is 11.3. The van der Waals surface area contributed by atoms with E-state index in [0.29, 0.717) is 6.54 Å². The lowest BCUT2D eigenvalue weighted by Crippen LogP contribution is -2.22. The molecule has 140 valence electrons. The molecule has 0 atom stereocenters. The van der Waals surface area contributed by atoms with Crippen molar-refractivity contribution in [1.82, 2.24) is 9.78 Å². The van der Waals surface area contributed by atoms with Crippen LogP contribution in [0, 0.1) is 10.1 Å². The molecular formula is C17H17N5O4S. The number of nitrogens with two attached hydrogens (primary N) is 1. The number of anilines is 1. The fourth-order valence-electron chi connectivity index (χ4n) is 2.68. The number of para-hydroxylation sites is 1. The molecular weight excluding hydrogens is 370 g/mol. The number of nitro groups is 1. The number of benzene rings is 2. The number of non-ortho nitro benzene ring substituents is 1. The minimum atomic E-state index is -4.13. The summed E-state index contributed by atoms with van der Waals surface area (Å²) >= 11 is 0. The van der Waals surface area contributed by atoms with Gasteiger partial charge in [-0.3, -0.25) is 10.1 Å². The Morgan fingerprint density at radius 3 is 2.56 bits per heavy atom. The van der Waals surface area contributed by atoms with Crippen LogP contribution in [0.25, 0.3) is 5.69 Å². The van der Waals surface area contributed by atoms with Crippen molar-refractivity contribution in [3.8, 4) is 5.69 Å². The first-order valence-electron chi connectivity index (χ1n) is 7.87. The number of nitrogens with zero attached hydrogens (tertiary/aromatic N) is 4. The van der Waals surface area contributed by atoms with Gasteiger partial charge in [-0.15, -0.1) is 0 Å². The smallest absolute Gasteiger partial charge is 0.270 e. The van der Waals surface area contributed by atoms with Crippen LogP contribution < -0.4 is 10.0 Å². The van der Waals surface area contributed by atoms with Gasteiger partial charge in [-0.25, -0.2) is 18.2 Å². The maximum atomic E-state index is 11.9. The fourth-order valence-corrected chi connectivity index (χ4v) is 3.48. The van der Waals surface area contributed by atoms with Gasteiger partial charge in [0.05, 0.1) is 22.5 Å². The van der Waals surface area contributed by atoms with Crippen molar-refractivity contribution in [2.24, 2.45) is 5.14 Å². The van der Waals surface area contributed by atoms with Gasteiger partial charge in [0.15, 0.2) is 0 Å². The Labute approximate surface area is 155 Å². The summed E-state index contributed by atoms with van der Waals surface area (Å²) in [5.41, 5.74) is 1.66. The average Bonchev–Trinajstić information content (AvgIpc) is 3.09. The quantitative estimate of drug-likeness (QED) is 0.510. The molecule has 0 aliphatic heterocycles. The van der Waals surface area contributed by atoms with Gasteiger partial charge in [0.25, 0.3) is 5.69 Å². The molecule has 1 aromatic heterocycles. The van der Waals surface area contributed by atoms with Gasteiger partial charge in [0, 0.05) is 37.5 Å². The molecule has 0 fully saturated rings. The molecule has 0 radical (unpaired) electrons. The van der Waals surface area contributed by atoms with Crippen LogP contribution in [-0.4, -0.2) is 30.2 Å². The maximum absolute atomic E-state index is 11.9. The van der Waals surface area contributed by atoms with Crippen LogP contribution in [0.2, 0.25) is 0 Å². The minimum absolute atomic E-state index is 0.274. The van der Waals surface area contributed by atoms with Gasteiger partial charge < -0.3 is 4.90 Å². The Kier molecular flexibility index (Phi) is 4.93. The zero-order valence-electron chi connectivity index (χ0n) is 14.4. The maximum Gasteiger partial charge on any atom is 0.270 e. The fraction of sp³-hybridized carbons (Fsp3) is 0.118. The van der Waals surface area contributed by atoms with Crippen LogP contribution >= 0.6 is 0 Å². The van der Waals surface area contributed by atoms with Gasteiger partial charge >= 0.3 is 0 Å². The number of rotatable bonds is 6. The van der Waals surface area contributed by atoms with E-state index in [4.69, 9.17) is 5.14 Å². The monoisotopic (exact) mass is 387 g/mol. The van der Waals surface area contributed by atoms with Gasteiger partial charge in [-0.2, -0.15) is 5.10 Å². The molecule has 3 rings (SSSR count). The number of sulfonamides is 1. The molecule has 2 aromatic carbocycles. The summed E-state index contributed by atoms with van der Waals surface area (Å²) in [6, 6.07) is 13.1. The number of aromatic nitrogens is 2. The van der Waals surface area contributed by atoms with Crippen LogP contribution in [0.1, 0.15) is 5.56 Å². The van der Waals surface area contributed by atoms with Crippen molar-refractivity contribution in [3.05, 3.63) is 76.6 Å². The highest BCUT2D eigenvalue weighted by Gasteiger charge is 2.21. The molecule has 0 bridgehead atoms. The summed E-state index contributed by atoms with van der Waals surface area (Å²) in [7, 11) is -2.46. The molecule has 0 spiro atoms. The predicted molar refractivity (Wildman–Crippen MR) is 100 cm³/mol. The van der Waals surface area contributed by atoms with E-state index >= 15 is 0 Å². The van der Waals surface area contributed by atoms with Crippen LogP contribution in [0.15, 0.2) is 65.8 Å². The molecule has 0 saturated carbocycles. The summed E-state index contributed by atoms with van der Waals surface area (Å²) in [5, 5.41) is 20.5. The van der Waals surface area contributed by atoms with E-state index < -0.39 is 14.9 Å². The number of hydrogen-bond donors (Lipinski definition) is 1. The zero-order chi connectivity index (χ0) is 19.6. The average molecular weight is 387 g/mol. The molecule has 27 heavy (non-hydrogen) atoms. The predicted octanol–water partition coefficient (Wildman–Crippen LogP) is 2.06. The lowest BCUT2D eigenvalue weighted by molar-refractivity contribution is -0.385. The van der Waals surface area contributed by atoms with E-state index in [1.165, 1.54) is 12.1 Å². The van der Waals surface area contributed by atoms with Crippen molar-refractivity contribution < 1.29 is 13.3 Å². The van der Waals surface area contributed by atoms with Gasteiger partial charge in [0.2, 0.25) is 10.0 Å². The molecule has 10 heteroatoms. The lowest BCUT2D eigenvalue weighted by atomic mass is 10.2. The largest absolute Gasteiger partial charge is 0.369 e. The standard InChI is InChI=1S/C17H17N5O4S/c1-20(11-13-10-19-21(12-13)14-5-3-2-4-6-14)16-8-7-15(22(23)24)9-17(16)27(18,25)26/h2-10,12H,11H2,1H3,(H2,18,25,26). The van der Waals surface area contributed by atoms with Crippen molar-refractivity contribution in [1.29, 1.82) is 0 Å². The van der Waals surface area contributed by atoms with E-state index in [1.54, 1.807) is 22.8 Å². The van der Waals surface area contributed by atoms with Crippen molar-refractivity contribution in [2.45, 2.75) is 11.4 Å². The van der Waals surface area contributed by atoms with Crippen LogP contribution in [0.5, 0.6) is 0 Å². The Morgan fingerprint density at radius 1 is 1.22 bits per heavy atom. The Balaban J connectivity index is 1.90. The van der Waals surface area contributed by atoms with Crippen LogP contribution in [-0.2, 0) is 16.6 Å². The molecule has 2 N–H and O–H groups in total. The van der Waals surface area contributed by atoms with E-state index in [2.05, 4.69) is 5.10 Å². The molecule has 0 aliphatic carbocycles. The summed E-state index contributed by atoms with van der Waals surface area (Å²) in [5.74, 6) is 0. The highest BCUT2D eigenvalue weighted by molar-refractivity contribution is 7.89. The second-order valence-electron chi connectivity index (χ2n) is 5.94.